The van der Waals surface area contributed by atoms with Gasteiger partial charge in [-0.3, -0.25) is 4.98 Å². The number of hydrogen-bond donors (Lipinski definition) is 1. The quantitative estimate of drug-likeness (QED) is 0.712. The number of allylic oxidation sites excluding steroid dienone is 1. The van der Waals surface area contributed by atoms with Gasteiger partial charge >= 0.3 is 5.82 Å². The van der Waals surface area contributed by atoms with Gasteiger partial charge in [-0.15, -0.1) is 0 Å². The first-order valence-corrected chi connectivity index (χ1v) is 9.03. The minimum atomic E-state index is 0.866. The van der Waals surface area contributed by atoms with Gasteiger partial charge in [0, 0.05) is 48.8 Å². The zero-order chi connectivity index (χ0) is 17.8. The monoisotopic (exact) mass is 343 g/mol. The lowest BCUT2D eigenvalue weighted by atomic mass is 10.0. The normalized spacial score (nSPS) is 14.0. The van der Waals surface area contributed by atoms with Gasteiger partial charge in [0.15, 0.2) is 0 Å². The molecule has 0 aliphatic carbocycles. The molecule has 0 fully saturated rings. The van der Waals surface area contributed by atoms with Crippen LogP contribution in [-0.2, 0) is 12.8 Å². The molecule has 3 aromatic rings. The van der Waals surface area contributed by atoms with E-state index in [0.29, 0.717) is 0 Å². The molecule has 0 amide bonds. The Hall–Kier alpha value is -3.01. The summed E-state index contributed by atoms with van der Waals surface area (Å²) in [7, 11) is 0. The Labute approximate surface area is 154 Å². The number of nitrogens with zero attached hydrogens (tertiary/aromatic N) is 3. The number of hydrogen-bond acceptors (Lipinski definition) is 2. The molecule has 0 unspecified atom stereocenters. The number of aryl methyl sites for hydroxylation is 1. The van der Waals surface area contributed by atoms with Gasteiger partial charge in [0.2, 0.25) is 0 Å². The molecule has 4 heteroatoms. The molecule has 130 valence electrons. The predicted molar refractivity (Wildman–Crippen MR) is 104 cm³/mol. The molecule has 0 spiro atoms. The van der Waals surface area contributed by atoms with Crippen LogP contribution in [0, 0.1) is 6.92 Å². The zero-order valence-electron chi connectivity index (χ0n) is 15.0. The number of nitrogens with one attached hydrogen (secondary N) is 1. The molecule has 0 aromatic carbocycles. The van der Waals surface area contributed by atoms with E-state index in [4.69, 9.17) is 0 Å². The fourth-order valence-electron chi connectivity index (χ4n) is 3.32. The SMILES string of the molecule is Cc1cc(CC2=CC=[N+](c3ccc(Cc4cccnc4)cn3)CC2)c[nH]1. The second-order valence-electron chi connectivity index (χ2n) is 6.85. The number of pyridine rings is 2. The lowest BCUT2D eigenvalue weighted by molar-refractivity contribution is -0.439. The molecular formula is C22H23N4+. The highest BCUT2D eigenvalue weighted by Gasteiger charge is 2.15. The van der Waals surface area contributed by atoms with Crippen LogP contribution in [0.5, 0.6) is 0 Å². The van der Waals surface area contributed by atoms with Crippen LogP contribution in [0.3, 0.4) is 0 Å². The van der Waals surface area contributed by atoms with Gasteiger partial charge < -0.3 is 4.98 Å². The van der Waals surface area contributed by atoms with Crippen molar-refractivity contribution in [1.82, 2.24) is 15.0 Å². The Morgan fingerprint density at radius 3 is 2.65 bits per heavy atom. The molecule has 0 saturated carbocycles. The fourth-order valence-corrected chi connectivity index (χ4v) is 3.32. The Morgan fingerprint density at radius 2 is 2.00 bits per heavy atom. The van der Waals surface area contributed by atoms with E-state index in [2.05, 4.69) is 69.2 Å². The summed E-state index contributed by atoms with van der Waals surface area (Å²) in [5.74, 6) is 1.01. The molecule has 0 saturated heterocycles. The van der Waals surface area contributed by atoms with Gasteiger partial charge in [-0.1, -0.05) is 11.6 Å². The molecule has 4 heterocycles. The summed E-state index contributed by atoms with van der Waals surface area (Å²) in [6.45, 7) is 3.07. The van der Waals surface area contributed by atoms with Gasteiger partial charge in [0.1, 0.15) is 6.20 Å². The summed E-state index contributed by atoms with van der Waals surface area (Å²) in [4.78, 5) is 12.1. The van der Waals surface area contributed by atoms with E-state index in [9.17, 15) is 0 Å². The molecule has 1 aliphatic rings. The summed E-state index contributed by atoms with van der Waals surface area (Å²) < 4.78 is 2.22. The Bertz CT molecular complexity index is 934. The molecule has 1 aliphatic heterocycles. The highest BCUT2D eigenvalue weighted by atomic mass is 15.1. The summed E-state index contributed by atoms with van der Waals surface area (Å²) >= 11 is 0. The largest absolute Gasteiger partial charge is 0.365 e. The summed E-state index contributed by atoms with van der Waals surface area (Å²) in [6, 6.07) is 10.5. The van der Waals surface area contributed by atoms with Gasteiger partial charge in [0.05, 0.1) is 12.8 Å². The molecule has 4 rings (SSSR count). The average molecular weight is 343 g/mol. The second-order valence-corrected chi connectivity index (χ2v) is 6.85. The third kappa shape index (κ3) is 3.97. The molecule has 0 atom stereocenters. The highest BCUT2D eigenvalue weighted by Crippen LogP contribution is 2.18. The Kier molecular flexibility index (Phi) is 4.73. The number of aromatic amines is 1. The second kappa shape index (κ2) is 7.48. The van der Waals surface area contributed by atoms with Crippen LogP contribution in [0.25, 0.3) is 0 Å². The maximum absolute atomic E-state index is 4.65. The van der Waals surface area contributed by atoms with Crippen molar-refractivity contribution in [3.63, 3.8) is 0 Å². The van der Waals surface area contributed by atoms with E-state index in [1.807, 2.05) is 18.5 Å². The molecule has 3 aromatic heterocycles. The molecule has 0 bridgehead atoms. The third-order valence-electron chi connectivity index (χ3n) is 4.72. The van der Waals surface area contributed by atoms with E-state index in [0.717, 1.165) is 31.6 Å². The van der Waals surface area contributed by atoms with Crippen molar-refractivity contribution in [3.8, 4) is 0 Å². The predicted octanol–water partition coefficient (Wildman–Crippen LogP) is 3.99. The third-order valence-corrected chi connectivity index (χ3v) is 4.72. The van der Waals surface area contributed by atoms with E-state index >= 15 is 0 Å². The van der Waals surface area contributed by atoms with Gasteiger partial charge in [-0.25, -0.2) is 4.58 Å². The fraction of sp³-hybridized carbons (Fsp3) is 0.227. The summed E-state index contributed by atoms with van der Waals surface area (Å²) in [5, 5.41) is 0. The molecule has 26 heavy (non-hydrogen) atoms. The van der Waals surface area contributed by atoms with Crippen LogP contribution >= 0.6 is 0 Å². The molecule has 0 radical (unpaired) electrons. The highest BCUT2D eigenvalue weighted by molar-refractivity contribution is 5.69. The summed E-state index contributed by atoms with van der Waals surface area (Å²) in [5.41, 5.74) is 6.46. The van der Waals surface area contributed by atoms with Crippen LogP contribution in [0.15, 0.2) is 66.8 Å². The average Bonchev–Trinajstić information content (AvgIpc) is 3.09. The standard InChI is InChI=1S/C22H23N4/c1-17-11-21(16-24-17)12-18-6-9-26(10-7-18)22-5-4-20(15-25-22)13-19-3-2-8-23-14-19/h2-6,8-9,11,14-16,24H,7,10,12-13H2,1H3/q+1. The van der Waals surface area contributed by atoms with Crippen molar-refractivity contribution >= 4 is 12.0 Å². The Morgan fingerprint density at radius 1 is 1.08 bits per heavy atom. The van der Waals surface area contributed by atoms with Gasteiger partial charge in [0.25, 0.3) is 0 Å². The van der Waals surface area contributed by atoms with Crippen molar-refractivity contribution < 1.29 is 4.58 Å². The Balaban J connectivity index is 1.43. The number of aromatic nitrogens is 3. The van der Waals surface area contributed by atoms with E-state index in [1.54, 1.807) is 6.20 Å². The van der Waals surface area contributed by atoms with Gasteiger partial charge in [-0.05, 0) is 53.7 Å². The maximum atomic E-state index is 4.65. The summed E-state index contributed by atoms with van der Waals surface area (Å²) in [6.07, 6.45) is 15.1. The first-order valence-electron chi connectivity index (χ1n) is 9.03. The lowest BCUT2D eigenvalue weighted by Gasteiger charge is -2.12. The minimum absolute atomic E-state index is 0.866. The van der Waals surface area contributed by atoms with E-state index in [-0.39, 0.29) is 0 Å². The topological polar surface area (TPSA) is 44.6 Å². The van der Waals surface area contributed by atoms with Crippen molar-refractivity contribution in [1.29, 1.82) is 0 Å². The van der Waals surface area contributed by atoms with E-state index < -0.39 is 0 Å². The lowest BCUT2D eigenvalue weighted by Crippen LogP contribution is -2.15. The first-order chi connectivity index (χ1) is 12.8. The van der Waals surface area contributed by atoms with Crippen LogP contribution in [-0.4, -0.2) is 32.3 Å². The van der Waals surface area contributed by atoms with Crippen molar-refractivity contribution in [3.05, 3.63) is 89.2 Å². The number of H-pyrrole nitrogens is 1. The molecule has 1 N–H and O–H groups in total. The smallest absolute Gasteiger partial charge is 0.322 e. The van der Waals surface area contributed by atoms with Crippen LogP contribution in [0.2, 0.25) is 0 Å². The molecular weight excluding hydrogens is 320 g/mol. The first kappa shape index (κ1) is 16.5. The van der Waals surface area contributed by atoms with Gasteiger partial charge in [-0.2, -0.15) is 0 Å². The van der Waals surface area contributed by atoms with E-state index in [1.165, 1.54) is 28.0 Å². The van der Waals surface area contributed by atoms with Crippen molar-refractivity contribution in [2.75, 3.05) is 6.54 Å². The molecule has 4 nitrogen and oxygen atoms in total. The minimum Gasteiger partial charge on any atom is -0.365 e. The van der Waals surface area contributed by atoms with Crippen LogP contribution in [0.4, 0.5) is 5.82 Å². The van der Waals surface area contributed by atoms with Crippen LogP contribution < -0.4 is 0 Å². The van der Waals surface area contributed by atoms with Crippen molar-refractivity contribution in [2.24, 2.45) is 0 Å². The van der Waals surface area contributed by atoms with Crippen LogP contribution in [0.1, 0.15) is 28.8 Å². The zero-order valence-corrected chi connectivity index (χ0v) is 15.0. The van der Waals surface area contributed by atoms with Crippen molar-refractivity contribution in [2.45, 2.75) is 26.2 Å². The number of rotatable bonds is 5. The maximum Gasteiger partial charge on any atom is 0.322 e.